The summed E-state index contributed by atoms with van der Waals surface area (Å²) in [7, 11) is 0. The lowest BCUT2D eigenvalue weighted by molar-refractivity contribution is -0.148. The molecule has 1 fully saturated rings. The molecule has 6 N–H and O–H groups in total. The minimum Gasteiger partial charge on any atom is -0.480 e. The number of nitrogens with two attached hydrogens (primary N) is 1. The monoisotopic (exact) mass is 429 g/mol. The first-order chi connectivity index (χ1) is 14.8. The van der Waals surface area contributed by atoms with Gasteiger partial charge in [0.2, 0.25) is 17.7 Å². The summed E-state index contributed by atoms with van der Waals surface area (Å²) in [4.78, 5) is 52.5. The molecule has 1 aliphatic heterocycles. The predicted molar refractivity (Wildman–Crippen MR) is 113 cm³/mol. The zero-order chi connectivity index (χ0) is 22.5. The Hall–Kier alpha value is -3.40. The molecule has 0 spiro atoms. The lowest BCUT2D eigenvalue weighted by atomic mass is 10.0. The van der Waals surface area contributed by atoms with Gasteiger partial charge in [-0.2, -0.15) is 0 Å². The van der Waals surface area contributed by atoms with E-state index in [1.54, 1.807) is 0 Å². The molecule has 2 aromatic rings. The van der Waals surface area contributed by atoms with Crippen LogP contribution in [0.3, 0.4) is 0 Å². The number of rotatable bonds is 8. The molecule has 1 aliphatic rings. The maximum Gasteiger partial charge on any atom is 0.326 e. The van der Waals surface area contributed by atoms with Crippen molar-refractivity contribution in [3.8, 4) is 0 Å². The normalized spacial score (nSPS) is 17.9. The number of aromatic nitrogens is 1. The van der Waals surface area contributed by atoms with Crippen LogP contribution in [0.5, 0.6) is 0 Å². The third kappa shape index (κ3) is 5.21. The van der Waals surface area contributed by atoms with E-state index in [1.165, 1.54) is 11.8 Å². The summed E-state index contributed by atoms with van der Waals surface area (Å²) in [6, 6.07) is 5.07. The van der Waals surface area contributed by atoms with Gasteiger partial charge in [0.05, 0.1) is 12.6 Å². The van der Waals surface area contributed by atoms with Gasteiger partial charge in [-0.15, -0.1) is 0 Å². The Bertz CT molecular complexity index is 987. The standard InChI is InChI=1S/C21H27N5O5/c1-12(19(28)24-11-18(27)26-8-4-7-17(26)21(30)31)25-20(29)15(22)9-13-10-23-16-6-3-2-5-14(13)16/h2-3,5-6,10,12,15,17,23H,4,7-9,11,22H2,1H3,(H,24,28)(H,25,29)(H,30,31)/t12-,15-,17-/m0/s1. The number of carbonyl (C=O) groups is 4. The highest BCUT2D eigenvalue weighted by atomic mass is 16.4. The zero-order valence-corrected chi connectivity index (χ0v) is 17.3. The van der Waals surface area contributed by atoms with Gasteiger partial charge in [-0.3, -0.25) is 14.4 Å². The van der Waals surface area contributed by atoms with Crippen LogP contribution in [0.1, 0.15) is 25.3 Å². The van der Waals surface area contributed by atoms with Crippen molar-refractivity contribution in [1.29, 1.82) is 0 Å². The third-order valence-corrected chi connectivity index (χ3v) is 5.48. The lowest BCUT2D eigenvalue weighted by Crippen LogP contribution is -2.52. The summed E-state index contributed by atoms with van der Waals surface area (Å²) in [5.74, 6) is -2.55. The largest absolute Gasteiger partial charge is 0.480 e. The summed E-state index contributed by atoms with van der Waals surface area (Å²) >= 11 is 0. The van der Waals surface area contributed by atoms with Gasteiger partial charge < -0.3 is 31.4 Å². The number of benzene rings is 1. The van der Waals surface area contributed by atoms with Crippen LogP contribution in [-0.2, 0) is 25.6 Å². The van der Waals surface area contributed by atoms with Gasteiger partial charge in [-0.25, -0.2) is 4.79 Å². The molecule has 2 heterocycles. The minimum atomic E-state index is -1.05. The number of hydrogen-bond acceptors (Lipinski definition) is 5. The fourth-order valence-electron chi connectivity index (χ4n) is 3.76. The van der Waals surface area contributed by atoms with Gasteiger partial charge in [0.25, 0.3) is 0 Å². The number of aliphatic carboxylic acids is 1. The second-order valence-electron chi connectivity index (χ2n) is 7.70. The number of H-pyrrole nitrogens is 1. The molecular formula is C21H27N5O5. The maximum atomic E-state index is 12.4. The van der Waals surface area contributed by atoms with Gasteiger partial charge >= 0.3 is 5.97 Å². The third-order valence-electron chi connectivity index (χ3n) is 5.48. The molecule has 0 aliphatic carbocycles. The van der Waals surface area contributed by atoms with Crippen LogP contribution in [0.2, 0.25) is 0 Å². The highest BCUT2D eigenvalue weighted by Gasteiger charge is 2.34. The van der Waals surface area contributed by atoms with E-state index in [-0.39, 0.29) is 6.54 Å². The fraction of sp³-hybridized carbons (Fsp3) is 0.429. The van der Waals surface area contributed by atoms with Gasteiger partial charge in [0, 0.05) is 23.6 Å². The van der Waals surface area contributed by atoms with Crippen LogP contribution in [-0.4, -0.2) is 69.9 Å². The van der Waals surface area contributed by atoms with E-state index in [0.29, 0.717) is 25.8 Å². The summed E-state index contributed by atoms with van der Waals surface area (Å²) < 4.78 is 0. The Balaban J connectivity index is 1.48. The van der Waals surface area contributed by atoms with Crippen molar-refractivity contribution >= 4 is 34.6 Å². The Morgan fingerprint density at radius 1 is 1.26 bits per heavy atom. The molecule has 166 valence electrons. The second kappa shape index (κ2) is 9.61. The molecule has 1 aromatic carbocycles. The van der Waals surface area contributed by atoms with Gasteiger partial charge in [-0.1, -0.05) is 18.2 Å². The van der Waals surface area contributed by atoms with E-state index in [1.807, 2.05) is 30.5 Å². The Morgan fingerprint density at radius 2 is 2.00 bits per heavy atom. The Kier molecular flexibility index (Phi) is 6.91. The van der Waals surface area contributed by atoms with E-state index >= 15 is 0 Å². The van der Waals surface area contributed by atoms with E-state index in [0.717, 1.165) is 16.5 Å². The van der Waals surface area contributed by atoms with E-state index in [2.05, 4.69) is 15.6 Å². The van der Waals surface area contributed by atoms with Crippen LogP contribution in [0.4, 0.5) is 0 Å². The molecule has 3 rings (SSSR count). The molecule has 0 bridgehead atoms. The van der Waals surface area contributed by atoms with Gasteiger partial charge in [-0.05, 0) is 37.8 Å². The van der Waals surface area contributed by atoms with Crippen molar-refractivity contribution in [2.45, 2.75) is 44.3 Å². The van der Waals surface area contributed by atoms with Crippen LogP contribution in [0, 0.1) is 0 Å². The Morgan fingerprint density at radius 3 is 2.74 bits per heavy atom. The lowest BCUT2D eigenvalue weighted by Gasteiger charge is -2.22. The van der Waals surface area contributed by atoms with Crippen LogP contribution in [0.15, 0.2) is 30.5 Å². The van der Waals surface area contributed by atoms with Crippen molar-refractivity contribution in [2.75, 3.05) is 13.1 Å². The highest BCUT2D eigenvalue weighted by Crippen LogP contribution is 2.19. The molecular weight excluding hydrogens is 402 g/mol. The molecule has 3 amide bonds. The molecule has 1 aromatic heterocycles. The van der Waals surface area contributed by atoms with Crippen molar-refractivity contribution < 1.29 is 24.3 Å². The number of amides is 3. The number of nitrogens with one attached hydrogen (secondary N) is 3. The van der Waals surface area contributed by atoms with Crippen molar-refractivity contribution in [2.24, 2.45) is 5.73 Å². The maximum absolute atomic E-state index is 12.4. The number of aromatic amines is 1. The smallest absolute Gasteiger partial charge is 0.326 e. The van der Waals surface area contributed by atoms with Gasteiger partial charge in [0.1, 0.15) is 12.1 Å². The first-order valence-electron chi connectivity index (χ1n) is 10.2. The molecule has 3 atom stereocenters. The number of carboxylic acids is 1. The predicted octanol–water partition coefficient (Wildman–Crippen LogP) is -0.266. The quantitative estimate of drug-likeness (QED) is 0.389. The van der Waals surface area contributed by atoms with Crippen molar-refractivity contribution in [3.63, 3.8) is 0 Å². The van der Waals surface area contributed by atoms with Crippen LogP contribution >= 0.6 is 0 Å². The molecule has 10 nitrogen and oxygen atoms in total. The van der Waals surface area contributed by atoms with E-state index in [4.69, 9.17) is 10.8 Å². The first kappa shape index (κ1) is 22.3. The van der Waals surface area contributed by atoms with E-state index in [9.17, 15) is 19.2 Å². The van der Waals surface area contributed by atoms with E-state index < -0.39 is 41.8 Å². The summed E-state index contributed by atoms with van der Waals surface area (Å²) in [5.41, 5.74) is 7.87. The molecule has 0 unspecified atom stereocenters. The number of para-hydroxylation sites is 1. The highest BCUT2D eigenvalue weighted by molar-refractivity contribution is 5.93. The minimum absolute atomic E-state index is 0.300. The zero-order valence-electron chi connectivity index (χ0n) is 17.3. The number of hydrogen-bond donors (Lipinski definition) is 5. The number of likely N-dealkylation sites (tertiary alicyclic amines) is 1. The number of fused-ring (bicyclic) bond motifs is 1. The summed E-state index contributed by atoms with van der Waals surface area (Å²) in [6.45, 7) is 1.51. The van der Waals surface area contributed by atoms with Crippen molar-refractivity contribution in [3.05, 3.63) is 36.0 Å². The fourth-order valence-corrected chi connectivity index (χ4v) is 3.76. The second-order valence-corrected chi connectivity index (χ2v) is 7.70. The number of carbonyl (C=O) groups excluding carboxylic acids is 3. The molecule has 0 saturated carbocycles. The van der Waals surface area contributed by atoms with Crippen LogP contribution < -0.4 is 16.4 Å². The number of carboxylic acid groups (broad SMARTS) is 1. The molecule has 0 radical (unpaired) electrons. The molecule has 10 heteroatoms. The summed E-state index contributed by atoms with van der Waals surface area (Å²) in [6.07, 6.45) is 3.11. The Labute approximate surface area is 179 Å². The van der Waals surface area contributed by atoms with Gasteiger partial charge in [0.15, 0.2) is 0 Å². The average molecular weight is 429 g/mol. The first-order valence-corrected chi connectivity index (χ1v) is 10.2. The molecule has 31 heavy (non-hydrogen) atoms. The van der Waals surface area contributed by atoms with Crippen molar-refractivity contribution in [1.82, 2.24) is 20.5 Å². The SMILES string of the molecule is C[C@H](NC(=O)[C@@H](N)Cc1c[nH]c2ccccc12)C(=O)NCC(=O)N1CCC[C@H]1C(=O)O. The molecule has 1 saturated heterocycles. The summed E-state index contributed by atoms with van der Waals surface area (Å²) in [5, 5.41) is 15.1. The number of nitrogens with zero attached hydrogens (tertiary/aromatic N) is 1. The van der Waals surface area contributed by atoms with Crippen LogP contribution in [0.25, 0.3) is 10.9 Å². The topological polar surface area (TPSA) is 158 Å². The average Bonchev–Trinajstić information content (AvgIpc) is 3.39.